The summed E-state index contributed by atoms with van der Waals surface area (Å²) in [5.41, 5.74) is 3.66. The van der Waals surface area contributed by atoms with Crippen LogP contribution < -0.4 is 5.32 Å². The summed E-state index contributed by atoms with van der Waals surface area (Å²) in [6, 6.07) is 4.39. The first-order valence-corrected chi connectivity index (χ1v) is 7.19. The van der Waals surface area contributed by atoms with Gasteiger partial charge < -0.3 is 5.32 Å². The fourth-order valence-corrected chi connectivity index (χ4v) is 2.75. The van der Waals surface area contributed by atoms with Crippen LogP contribution in [0.4, 0.5) is 0 Å². The molecule has 1 aliphatic rings. The number of amides is 1. The molecule has 1 amide bonds. The van der Waals surface area contributed by atoms with Gasteiger partial charge in [0.25, 0.3) is 0 Å². The molecule has 3 heteroatoms. The Bertz CT molecular complexity index is 488. The van der Waals surface area contributed by atoms with Crippen LogP contribution in [0.1, 0.15) is 49.9 Å². The maximum absolute atomic E-state index is 12.1. The Morgan fingerprint density at radius 3 is 2.67 bits per heavy atom. The van der Waals surface area contributed by atoms with Gasteiger partial charge in [-0.15, -0.1) is 0 Å². The Balaban J connectivity index is 2.23. The molecule has 0 saturated heterocycles. The lowest BCUT2D eigenvalue weighted by molar-refractivity contribution is -0.129. The fourth-order valence-electron chi connectivity index (χ4n) is 2.38. The zero-order valence-electron chi connectivity index (χ0n) is 11.4. The Morgan fingerprint density at radius 1 is 1.39 bits per heavy atom. The van der Waals surface area contributed by atoms with Gasteiger partial charge in [0.1, 0.15) is 0 Å². The van der Waals surface area contributed by atoms with E-state index in [4.69, 9.17) is 0 Å². The first-order chi connectivity index (χ1) is 8.30. The van der Waals surface area contributed by atoms with Gasteiger partial charge in [0.2, 0.25) is 5.91 Å². The standard InChI is InChI=1S/C15H20BrNO/c1-9-10-6-8-13(11(10)5-7-12(9)16)17-14(18)15(2,3)4/h5,7,13H,6,8H2,1-4H3,(H,17,18)/t13-/m0/s1. The molecule has 2 nitrogen and oxygen atoms in total. The minimum atomic E-state index is -0.326. The third kappa shape index (κ3) is 2.46. The lowest BCUT2D eigenvalue weighted by Gasteiger charge is -2.22. The highest BCUT2D eigenvalue weighted by atomic mass is 79.9. The number of carbonyl (C=O) groups excluding carboxylic acids is 1. The Kier molecular flexibility index (Phi) is 3.54. The van der Waals surface area contributed by atoms with Gasteiger partial charge in [-0.2, -0.15) is 0 Å². The molecule has 98 valence electrons. The zero-order chi connectivity index (χ0) is 13.5. The van der Waals surface area contributed by atoms with Gasteiger partial charge in [0.05, 0.1) is 6.04 Å². The maximum atomic E-state index is 12.1. The summed E-state index contributed by atoms with van der Waals surface area (Å²) in [5.74, 6) is 0.126. The predicted octanol–water partition coefficient (Wildman–Crippen LogP) is 3.91. The van der Waals surface area contributed by atoms with Gasteiger partial charge in [-0.05, 0) is 42.5 Å². The number of hydrogen-bond donors (Lipinski definition) is 1. The minimum Gasteiger partial charge on any atom is -0.349 e. The van der Waals surface area contributed by atoms with Gasteiger partial charge >= 0.3 is 0 Å². The molecule has 0 aromatic heterocycles. The highest BCUT2D eigenvalue weighted by Gasteiger charge is 2.29. The van der Waals surface area contributed by atoms with Gasteiger partial charge in [0, 0.05) is 9.89 Å². The molecule has 0 unspecified atom stereocenters. The number of benzene rings is 1. The van der Waals surface area contributed by atoms with Crippen LogP contribution in [-0.2, 0) is 11.2 Å². The molecule has 0 aliphatic heterocycles. The van der Waals surface area contributed by atoms with Crippen molar-refractivity contribution in [3.8, 4) is 0 Å². The molecular formula is C15H20BrNO. The number of carbonyl (C=O) groups is 1. The van der Waals surface area contributed by atoms with Crippen molar-refractivity contribution in [2.75, 3.05) is 0 Å². The molecule has 1 N–H and O–H groups in total. The van der Waals surface area contributed by atoms with Crippen LogP contribution in [0.5, 0.6) is 0 Å². The van der Waals surface area contributed by atoms with Gasteiger partial charge in [0.15, 0.2) is 0 Å². The third-order valence-corrected chi connectivity index (χ3v) is 4.47. The van der Waals surface area contributed by atoms with Gasteiger partial charge in [-0.25, -0.2) is 0 Å². The van der Waals surface area contributed by atoms with Crippen LogP contribution in [-0.4, -0.2) is 5.91 Å². The summed E-state index contributed by atoms with van der Waals surface area (Å²) in [6.07, 6.45) is 2.06. The predicted molar refractivity (Wildman–Crippen MR) is 77.5 cm³/mol. The largest absolute Gasteiger partial charge is 0.349 e. The van der Waals surface area contributed by atoms with Crippen molar-refractivity contribution in [3.05, 3.63) is 33.3 Å². The van der Waals surface area contributed by atoms with E-state index in [1.807, 2.05) is 20.8 Å². The lowest BCUT2D eigenvalue weighted by Crippen LogP contribution is -2.36. The quantitative estimate of drug-likeness (QED) is 0.837. The number of rotatable bonds is 1. The molecule has 0 saturated carbocycles. The van der Waals surface area contributed by atoms with Crippen LogP contribution in [0, 0.1) is 12.3 Å². The van der Waals surface area contributed by atoms with Crippen molar-refractivity contribution < 1.29 is 4.79 Å². The molecule has 1 aliphatic carbocycles. The molecule has 0 radical (unpaired) electrons. The second-order valence-electron chi connectivity index (χ2n) is 6.05. The topological polar surface area (TPSA) is 29.1 Å². The molecule has 2 rings (SSSR count). The Labute approximate surface area is 117 Å². The van der Waals surface area contributed by atoms with Crippen LogP contribution in [0.25, 0.3) is 0 Å². The van der Waals surface area contributed by atoms with E-state index in [2.05, 4.69) is 40.3 Å². The highest BCUT2D eigenvalue weighted by Crippen LogP contribution is 2.36. The molecule has 1 atom stereocenters. The molecule has 18 heavy (non-hydrogen) atoms. The zero-order valence-corrected chi connectivity index (χ0v) is 13.0. The summed E-state index contributed by atoms with van der Waals surface area (Å²) in [5, 5.41) is 3.17. The molecule has 1 aromatic carbocycles. The summed E-state index contributed by atoms with van der Waals surface area (Å²) in [7, 11) is 0. The number of halogens is 1. The highest BCUT2D eigenvalue weighted by molar-refractivity contribution is 9.10. The average molecular weight is 310 g/mol. The second-order valence-corrected chi connectivity index (χ2v) is 6.91. The number of fused-ring (bicyclic) bond motifs is 1. The van der Waals surface area contributed by atoms with E-state index in [0.29, 0.717) is 0 Å². The second kappa shape index (κ2) is 4.69. The lowest BCUT2D eigenvalue weighted by atomic mass is 9.94. The van der Waals surface area contributed by atoms with Crippen molar-refractivity contribution in [1.82, 2.24) is 5.32 Å². The van der Waals surface area contributed by atoms with Crippen LogP contribution >= 0.6 is 15.9 Å². The van der Waals surface area contributed by atoms with Gasteiger partial charge in [-0.3, -0.25) is 4.79 Å². The Hall–Kier alpha value is -0.830. The van der Waals surface area contributed by atoms with Crippen molar-refractivity contribution >= 4 is 21.8 Å². The van der Waals surface area contributed by atoms with Crippen LogP contribution in [0.3, 0.4) is 0 Å². The summed E-state index contributed by atoms with van der Waals surface area (Å²) >= 11 is 3.56. The van der Waals surface area contributed by atoms with E-state index in [1.54, 1.807) is 0 Å². The van der Waals surface area contributed by atoms with Crippen molar-refractivity contribution in [3.63, 3.8) is 0 Å². The molecule has 1 aromatic rings. The summed E-state index contributed by atoms with van der Waals surface area (Å²) < 4.78 is 1.16. The molecular weight excluding hydrogens is 290 g/mol. The first kappa shape index (κ1) is 13.6. The Morgan fingerprint density at radius 2 is 2.06 bits per heavy atom. The summed E-state index contributed by atoms with van der Waals surface area (Å²) in [6.45, 7) is 7.98. The van der Waals surface area contributed by atoms with E-state index in [1.165, 1.54) is 16.7 Å². The normalized spacial score (nSPS) is 18.6. The average Bonchev–Trinajstić information content (AvgIpc) is 2.66. The SMILES string of the molecule is Cc1c(Br)ccc2c1CC[C@@H]2NC(=O)C(C)(C)C. The van der Waals surface area contributed by atoms with Crippen LogP contribution in [0.2, 0.25) is 0 Å². The van der Waals surface area contributed by atoms with E-state index in [-0.39, 0.29) is 17.4 Å². The summed E-state index contributed by atoms with van der Waals surface area (Å²) in [4.78, 5) is 12.1. The van der Waals surface area contributed by atoms with Crippen molar-refractivity contribution in [2.45, 2.75) is 46.6 Å². The van der Waals surface area contributed by atoms with E-state index in [9.17, 15) is 4.79 Å². The smallest absolute Gasteiger partial charge is 0.225 e. The molecule has 0 fully saturated rings. The third-order valence-electron chi connectivity index (χ3n) is 3.61. The number of hydrogen-bond acceptors (Lipinski definition) is 1. The van der Waals surface area contributed by atoms with E-state index < -0.39 is 0 Å². The fraction of sp³-hybridized carbons (Fsp3) is 0.533. The van der Waals surface area contributed by atoms with Crippen LogP contribution in [0.15, 0.2) is 16.6 Å². The van der Waals surface area contributed by atoms with Crippen molar-refractivity contribution in [2.24, 2.45) is 5.41 Å². The molecule has 0 spiro atoms. The van der Waals surface area contributed by atoms with Crippen molar-refractivity contribution in [1.29, 1.82) is 0 Å². The van der Waals surface area contributed by atoms with E-state index >= 15 is 0 Å². The first-order valence-electron chi connectivity index (χ1n) is 6.39. The minimum absolute atomic E-state index is 0.126. The molecule has 0 heterocycles. The molecule has 0 bridgehead atoms. The van der Waals surface area contributed by atoms with E-state index in [0.717, 1.165) is 17.3 Å². The van der Waals surface area contributed by atoms with Gasteiger partial charge in [-0.1, -0.05) is 42.8 Å². The number of nitrogens with one attached hydrogen (secondary N) is 1. The maximum Gasteiger partial charge on any atom is 0.225 e. The monoisotopic (exact) mass is 309 g/mol.